The number of methoxy groups -OCH3 is 2. The molecule has 0 saturated heterocycles. The Kier molecular flexibility index (Phi) is 12.9. The normalized spacial score (nSPS) is 12.1. The zero-order valence-electron chi connectivity index (χ0n) is 19.7. The lowest BCUT2D eigenvalue weighted by Crippen LogP contribution is -2.43. The standard InChI is InChI=1S/C24H36N4O3.HI/c1-6-25-24(26-16-18-14-21(30-4)23(29)22(15-18)31-5)27-17-20(28(7-2)8-3)19-12-10-9-11-13-19;/h9-15,20,29H,6-8,16-17H2,1-5H3,(H2,25,26,27);1H. The van der Waals surface area contributed by atoms with E-state index in [9.17, 15) is 5.11 Å². The zero-order valence-corrected chi connectivity index (χ0v) is 22.1. The van der Waals surface area contributed by atoms with Crippen LogP contribution in [0.3, 0.4) is 0 Å². The minimum absolute atomic E-state index is 0. The maximum atomic E-state index is 10.1. The molecule has 2 aromatic rings. The number of rotatable bonds is 11. The van der Waals surface area contributed by atoms with Gasteiger partial charge in [0.15, 0.2) is 17.5 Å². The number of nitrogens with one attached hydrogen (secondary N) is 2. The van der Waals surface area contributed by atoms with Crippen molar-refractivity contribution in [3.05, 3.63) is 53.6 Å². The summed E-state index contributed by atoms with van der Waals surface area (Å²) in [6.07, 6.45) is 0. The molecule has 32 heavy (non-hydrogen) atoms. The van der Waals surface area contributed by atoms with Crippen LogP contribution >= 0.6 is 24.0 Å². The molecule has 0 saturated carbocycles. The van der Waals surface area contributed by atoms with E-state index in [-0.39, 0.29) is 35.8 Å². The summed E-state index contributed by atoms with van der Waals surface area (Å²) in [5.74, 6) is 1.47. The Labute approximate surface area is 209 Å². The summed E-state index contributed by atoms with van der Waals surface area (Å²) in [6.45, 7) is 10.3. The van der Waals surface area contributed by atoms with E-state index >= 15 is 0 Å². The van der Waals surface area contributed by atoms with Gasteiger partial charge >= 0.3 is 0 Å². The molecule has 0 fully saturated rings. The van der Waals surface area contributed by atoms with E-state index in [2.05, 4.69) is 53.6 Å². The molecule has 1 atom stereocenters. The lowest BCUT2D eigenvalue weighted by Gasteiger charge is -2.30. The Bertz CT molecular complexity index is 804. The number of ether oxygens (including phenoxy) is 2. The molecule has 8 heteroatoms. The number of hydrogen-bond donors (Lipinski definition) is 3. The fourth-order valence-corrected chi connectivity index (χ4v) is 3.54. The van der Waals surface area contributed by atoms with Crippen molar-refractivity contribution >= 4 is 29.9 Å². The molecule has 3 N–H and O–H groups in total. The van der Waals surface area contributed by atoms with Crippen LogP contribution in [0.15, 0.2) is 47.5 Å². The number of likely N-dealkylation sites (N-methyl/N-ethyl adjacent to an activating group) is 1. The van der Waals surface area contributed by atoms with Gasteiger partial charge in [-0.25, -0.2) is 4.99 Å². The van der Waals surface area contributed by atoms with E-state index in [1.807, 2.05) is 13.0 Å². The van der Waals surface area contributed by atoms with Crippen molar-refractivity contribution in [2.75, 3.05) is 40.4 Å². The topological polar surface area (TPSA) is 78.4 Å². The van der Waals surface area contributed by atoms with Crippen molar-refractivity contribution in [3.8, 4) is 17.2 Å². The van der Waals surface area contributed by atoms with Crippen LogP contribution in [0.4, 0.5) is 0 Å². The number of aromatic hydroxyl groups is 1. The average Bonchev–Trinajstić information content (AvgIpc) is 2.81. The minimum atomic E-state index is -0.00677. The van der Waals surface area contributed by atoms with E-state index in [4.69, 9.17) is 14.5 Å². The van der Waals surface area contributed by atoms with Crippen LogP contribution in [0.2, 0.25) is 0 Å². The van der Waals surface area contributed by atoms with Crippen LogP contribution in [0.25, 0.3) is 0 Å². The molecule has 1 unspecified atom stereocenters. The molecule has 0 aliphatic carbocycles. The van der Waals surface area contributed by atoms with Gasteiger partial charge in [-0.2, -0.15) is 0 Å². The summed E-state index contributed by atoms with van der Waals surface area (Å²) < 4.78 is 10.5. The molecule has 178 valence electrons. The lowest BCUT2D eigenvalue weighted by atomic mass is 10.1. The summed E-state index contributed by atoms with van der Waals surface area (Å²) in [5.41, 5.74) is 2.16. The second-order valence-corrected chi connectivity index (χ2v) is 7.07. The molecule has 0 spiro atoms. The smallest absolute Gasteiger partial charge is 0.200 e. The molecule has 0 heterocycles. The Morgan fingerprint density at radius 2 is 1.59 bits per heavy atom. The van der Waals surface area contributed by atoms with Crippen LogP contribution < -0.4 is 20.1 Å². The Balaban J connectivity index is 0.00000512. The number of guanidine groups is 1. The molecule has 2 aromatic carbocycles. The summed E-state index contributed by atoms with van der Waals surface area (Å²) in [4.78, 5) is 7.16. The molecule has 0 aromatic heterocycles. The highest BCUT2D eigenvalue weighted by atomic mass is 127. The van der Waals surface area contributed by atoms with Gasteiger partial charge in [-0.15, -0.1) is 24.0 Å². The van der Waals surface area contributed by atoms with Crippen LogP contribution in [0.5, 0.6) is 17.2 Å². The van der Waals surface area contributed by atoms with Crippen molar-refractivity contribution in [2.24, 2.45) is 4.99 Å². The number of benzene rings is 2. The molecule has 0 radical (unpaired) electrons. The number of halogens is 1. The first-order valence-corrected chi connectivity index (χ1v) is 10.8. The quantitative estimate of drug-likeness (QED) is 0.219. The second kappa shape index (κ2) is 14.8. The molecule has 7 nitrogen and oxygen atoms in total. The fraction of sp³-hybridized carbons (Fsp3) is 0.458. The summed E-state index contributed by atoms with van der Waals surface area (Å²) >= 11 is 0. The highest BCUT2D eigenvalue weighted by molar-refractivity contribution is 14.0. The van der Waals surface area contributed by atoms with E-state index in [0.29, 0.717) is 18.0 Å². The molecule has 2 rings (SSSR count). The Hall–Kier alpha value is -2.20. The van der Waals surface area contributed by atoms with Crippen molar-refractivity contribution in [1.82, 2.24) is 15.5 Å². The van der Waals surface area contributed by atoms with Gasteiger partial charge in [-0.3, -0.25) is 4.90 Å². The van der Waals surface area contributed by atoms with Gasteiger partial charge in [0.2, 0.25) is 5.75 Å². The van der Waals surface area contributed by atoms with Gasteiger partial charge in [0.25, 0.3) is 0 Å². The predicted octanol–water partition coefficient (Wildman–Crippen LogP) is 4.17. The number of aliphatic imine (C=N–C) groups is 1. The summed E-state index contributed by atoms with van der Waals surface area (Å²) in [6, 6.07) is 14.3. The fourth-order valence-electron chi connectivity index (χ4n) is 3.54. The SMILES string of the molecule is CCNC(=NCc1cc(OC)c(O)c(OC)c1)NCC(c1ccccc1)N(CC)CC.I. The Morgan fingerprint density at radius 1 is 1.00 bits per heavy atom. The van der Waals surface area contributed by atoms with E-state index < -0.39 is 0 Å². The average molecular weight is 556 g/mol. The van der Waals surface area contributed by atoms with E-state index in [1.54, 1.807) is 12.1 Å². The molecule has 0 amide bonds. The van der Waals surface area contributed by atoms with Gasteiger partial charge in [-0.05, 0) is 43.3 Å². The molecular weight excluding hydrogens is 519 g/mol. The first-order valence-electron chi connectivity index (χ1n) is 10.8. The third-order valence-electron chi connectivity index (χ3n) is 5.20. The zero-order chi connectivity index (χ0) is 22.6. The van der Waals surface area contributed by atoms with Gasteiger partial charge in [-0.1, -0.05) is 44.2 Å². The van der Waals surface area contributed by atoms with Crippen molar-refractivity contribution < 1.29 is 14.6 Å². The highest BCUT2D eigenvalue weighted by Crippen LogP contribution is 2.37. The van der Waals surface area contributed by atoms with E-state index in [0.717, 1.165) is 37.7 Å². The van der Waals surface area contributed by atoms with Crippen molar-refractivity contribution in [3.63, 3.8) is 0 Å². The van der Waals surface area contributed by atoms with Crippen molar-refractivity contribution in [1.29, 1.82) is 0 Å². The van der Waals surface area contributed by atoms with Gasteiger partial charge in [0, 0.05) is 13.1 Å². The minimum Gasteiger partial charge on any atom is -0.502 e. The molecule has 0 aliphatic heterocycles. The third-order valence-corrected chi connectivity index (χ3v) is 5.20. The Morgan fingerprint density at radius 3 is 2.09 bits per heavy atom. The van der Waals surface area contributed by atoms with Crippen LogP contribution in [-0.4, -0.2) is 56.4 Å². The largest absolute Gasteiger partial charge is 0.502 e. The first-order chi connectivity index (χ1) is 15.1. The third kappa shape index (κ3) is 7.74. The number of phenolic OH excluding ortho intramolecular Hbond substituents is 1. The maximum absolute atomic E-state index is 10.1. The first kappa shape index (κ1) is 27.8. The van der Waals surface area contributed by atoms with Gasteiger partial charge < -0.3 is 25.2 Å². The lowest BCUT2D eigenvalue weighted by molar-refractivity contribution is 0.219. The molecular formula is C24H37IN4O3. The predicted molar refractivity (Wildman–Crippen MR) is 142 cm³/mol. The van der Waals surface area contributed by atoms with Gasteiger partial charge in [0.05, 0.1) is 26.8 Å². The van der Waals surface area contributed by atoms with Crippen LogP contribution in [0, 0.1) is 0 Å². The summed E-state index contributed by atoms with van der Waals surface area (Å²) in [5, 5.41) is 16.9. The van der Waals surface area contributed by atoms with Gasteiger partial charge in [0.1, 0.15) is 0 Å². The van der Waals surface area contributed by atoms with Crippen LogP contribution in [0.1, 0.15) is 37.9 Å². The summed E-state index contributed by atoms with van der Waals surface area (Å²) in [7, 11) is 3.04. The second-order valence-electron chi connectivity index (χ2n) is 7.07. The van der Waals surface area contributed by atoms with Crippen molar-refractivity contribution in [2.45, 2.75) is 33.4 Å². The molecule has 0 bridgehead atoms. The number of phenols is 1. The number of nitrogens with zero attached hydrogens (tertiary/aromatic N) is 2. The maximum Gasteiger partial charge on any atom is 0.200 e. The number of hydrogen-bond acceptors (Lipinski definition) is 5. The molecule has 0 aliphatic rings. The highest BCUT2D eigenvalue weighted by Gasteiger charge is 2.18. The van der Waals surface area contributed by atoms with Crippen LogP contribution in [-0.2, 0) is 6.54 Å². The van der Waals surface area contributed by atoms with E-state index in [1.165, 1.54) is 19.8 Å². The monoisotopic (exact) mass is 556 g/mol.